The van der Waals surface area contributed by atoms with Crippen molar-refractivity contribution in [1.29, 1.82) is 0 Å². The van der Waals surface area contributed by atoms with E-state index in [2.05, 4.69) is 24.1 Å². The smallest absolute Gasteiger partial charge is 0.417 e. The maximum Gasteiger partial charge on any atom is 0.417 e. The molecule has 1 N–H and O–H groups in total. The van der Waals surface area contributed by atoms with Crippen molar-refractivity contribution in [3.63, 3.8) is 0 Å². The maximum atomic E-state index is 12.7. The van der Waals surface area contributed by atoms with E-state index >= 15 is 0 Å². The zero-order valence-corrected chi connectivity index (χ0v) is 18.8. The molecular weight excluding hydrogens is 433 g/mol. The van der Waals surface area contributed by atoms with Crippen LogP contribution in [0.15, 0.2) is 36.7 Å². The highest BCUT2D eigenvalue weighted by Gasteiger charge is 2.31. The molecule has 3 aromatic rings. The van der Waals surface area contributed by atoms with Crippen molar-refractivity contribution in [3.05, 3.63) is 47.9 Å². The summed E-state index contributed by atoms with van der Waals surface area (Å²) in [5, 5.41) is 8.27. The van der Waals surface area contributed by atoms with E-state index in [-0.39, 0.29) is 5.69 Å². The van der Waals surface area contributed by atoms with Gasteiger partial charge in [0.1, 0.15) is 11.4 Å². The summed E-state index contributed by atoms with van der Waals surface area (Å²) in [6.45, 7) is 4.55. The second-order valence-corrected chi connectivity index (χ2v) is 8.92. The first-order valence-corrected chi connectivity index (χ1v) is 11.1. The van der Waals surface area contributed by atoms with Gasteiger partial charge >= 0.3 is 6.18 Å². The predicted octanol–water partition coefficient (Wildman–Crippen LogP) is 6.10. The van der Waals surface area contributed by atoms with Crippen molar-refractivity contribution in [3.8, 4) is 5.75 Å². The van der Waals surface area contributed by atoms with E-state index in [4.69, 9.17) is 9.84 Å². The lowest BCUT2D eigenvalue weighted by Crippen LogP contribution is -2.21. The quantitative estimate of drug-likeness (QED) is 0.500. The molecule has 2 aromatic heterocycles. The van der Waals surface area contributed by atoms with E-state index in [0.29, 0.717) is 29.6 Å². The van der Waals surface area contributed by atoms with Crippen molar-refractivity contribution in [1.82, 2.24) is 14.8 Å². The molecule has 0 spiro atoms. The molecule has 33 heavy (non-hydrogen) atoms. The Morgan fingerprint density at radius 3 is 2.48 bits per heavy atom. The number of hydrogen-bond donors (Lipinski definition) is 1. The van der Waals surface area contributed by atoms with Crippen LogP contribution in [0.5, 0.6) is 5.75 Å². The molecule has 0 unspecified atom stereocenters. The molecule has 2 heterocycles. The molecule has 1 fully saturated rings. The Balaban J connectivity index is 1.54. The number of amides is 1. The Bertz CT molecular complexity index is 1130. The lowest BCUT2D eigenvalue weighted by atomic mass is 9.80. The van der Waals surface area contributed by atoms with Crippen LogP contribution in [0.4, 0.5) is 18.9 Å². The molecule has 0 radical (unpaired) electrons. The minimum Gasteiger partial charge on any atom is -0.494 e. The molecule has 0 aliphatic heterocycles. The lowest BCUT2D eigenvalue weighted by Gasteiger charge is -2.30. The number of aromatic nitrogens is 3. The number of alkyl halides is 3. The zero-order valence-electron chi connectivity index (χ0n) is 18.8. The predicted molar refractivity (Wildman–Crippen MR) is 119 cm³/mol. The summed E-state index contributed by atoms with van der Waals surface area (Å²) in [7, 11) is 1.48. The Morgan fingerprint density at radius 2 is 1.91 bits per heavy atom. The number of fused-ring (bicyclic) bond motifs is 1. The van der Waals surface area contributed by atoms with Crippen LogP contribution in [0, 0.1) is 11.8 Å². The Hall–Kier alpha value is -3.10. The van der Waals surface area contributed by atoms with Gasteiger partial charge in [0.15, 0.2) is 0 Å². The molecule has 0 saturated heterocycles. The molecule has 4 rings (SSSR count). The largest absolute Gasteiger partial charge is 0.494 e. The van der Waals surface area contributed by atoms with Gasteiger partial charge in [0.2, 0.25) is 0 Å². The van der Waals surface area contributed by atoms with Gasteiger partial charge in [-0.3, -0.25) is 14.5 Å². The third kappa shape index (κ3) is 4.96. The minimum absolute atomic E-state index is 0.122. The Morgan fingerprint density at radius 1 is 1.18 bits per heavy atom. The van der Waals surface area contributed by atoms with Crippen LogP contribution in [-0.2, 0) is 6.18 Å². The van der Waals surface area contributed by atoms with Crippen LogP contribution in [0.3, 0.4) is 0 Å². The van der Waals surface area contributed by atoms with Crippen molar-refractivity contribution in [2.45, 2.75) is 51.7 Å². The van der Waals surface area contributed by atoms with Crippen LogP contribution >= 0.6 is 0 Å². The third-order valence-electron chi connectivity index (χ3n) is 6.47. The summed E-state index contributed by atoms with van der Waals surface area (Å²) < 4.78 is 45.6. The van der Waals surface area contributed by atoms with Crippen molar-refractivity contribution < 1.29 is 22.7 Å². The molecule has 1 amide bonds. The van der Waals surface area contributed by atoms with E-state index in [1.165, 1.54) is 20.0 Å². The summed E-state index contributed by atoms with van der Waals surface area (Å²) >= 11 is 0. The number of rotatable bonds is 5. The highest BCUT2D eigenvalue weighted by atomic mass is 19.4. The van der Waals surface area contributed by atoms with Gasteiger partial charge in [-0.25, -0.2) is 0 Å². The average Bonchev–Trinajstić information content (AvgIpc) is 3.21. The molecule has 9 heteroatoms. The summed E-state index contributed by atoms with van der Waals surface area (Å²) in [6, 6.07) is 5.74. The summed E-state index contributed by atoms with van der Waals surface area (Å²) in [4.78, 5) is 16.2. The lowest BCUT2D eigenvalue weighted by molar-refractivity contribution is -0.137. The molecule has 1 saturated carbocycles. The van der Waals surface area contributed by atoms with Crippen molar-refractivity contribution in [2.75, 3.05) is 12.4 Å². The number of ether oxygens (including phenoxy) is 1. The van der Waals surface area contributed by atoms with E-state index in [1.54, 1.807) is 12.1 Å². The van der Waals surface area contributed by atoms with Crippen molar-refractivity contribution in [2.24, 2.45) is 11.8 Å². The van der Waals surface area contributed by atoms with Gasteiger partial charge in [0.25, 0.3) is 5.91 Å². The maximum absolute atomic E-state index is 12.7. The first kappa shape index (κ1) is 23.1. The number of carbonyl (C=O) groups is 1. The molecule has 1 aliphatic carbocycles. The number of methoxy groups -OCH3 is 1. The first-order chi connectivity index (χ1) is 15.7. The fourth-order valence-electron chi connectivity index (χ4n) is 4.44. The number of pyridine rings is 1. The fourth-order valence-corrected chi connectivity index (χ4v) is 4.44. The second kappa shape index (κ2) is 9.03. The number of nitrogens with one attached hydrogen (secondary N) is 1. The van der Waals surface area contributed by atoms with Gasteiger partial charge in [-0.1, -0.05) is 13.8 Å². The van der Waals surface area contributed by atoms with Crippen LogP contribution < -0.4 is 10.1 Å². The van der Waals surface area contributed by atoms with Gasteiger partial charge in [-0.05, 0) is 55.7 Å². The van der Waals surface area contributed by atoms with Gasteiger partial charge in [0, 0.05) is 23.8 Å². The minimum atomic E-state index is -4.51. The van der Waals surface area contributed by atoms with E-state index < -0.39 is 17.6 Å². The molecule has 6 nitrogen and oxygen atoms in total. The highest BCUT2D eigenvalue weighted by Crippen LogP contribution is 2.37. The number of benzene rings is 1. The van der Waals surface area contributed by atoms with Gasteiger partial charge in [-0.2, -0.15) is 18.3 Å². The Labute approximate surface area is 190 Å². The number of carbonyl (C=O) groups excluding carboxylic acids is 1. The molecule has 0 atom stereocenters. The molecule has 1 aliphatic rings. The highest BCUT2D eigenvalue weighted by molar-refractivity contribution is 6.05. The molecule has 176 valence electrons. The average molecular weight is 461 g/mol. The number of halogens is 3. The topological polar surface area (TPSA) is 69.0 Å². The van der Waals surface area contributed by atoms with Gasteiger partial charge < -0.3 is 10.1 Å². The summed E-state index contributed by atoms with van der Waals surface area (Å²) in [5.41, 5.74) is 0.124. The zero-order chi connectivity index (χ0) is 23.8. The monoisotopic (exact) mass is 460 g/mol. The fraction of sp³-hybridized carbons (Fsp3) is 0.458. The van der Waals surface area contributed by atoms with E-state index in [1.807, 2.05) is 10.9 Å². The standard InChI is InChI=1S/C24H27F3N4O2/c1-14(2)15-4-7-18(8-5-15)31-13-16-10-21(22(33-3)11-20(16)30-31)29-23(32)19-9-6-17(12-28-19)24(25,26)27/h6,9-15,18H,4-5,7-8H2,1-3H3,(H,29,32). The van der Waals surface area contributed by atoms with Crippen LogP contribution in [-0.4, -0.2) is 27.8 Å². The second-order valence-electron chi connectivity index (χ2n) is 8.92. The van der Waals surface area contributed by atoms with Crippen LogP contribution in [0.25, 0.3) is 10.9 Å². The van der Waals surface area contributed by atoms with Crippen molar-refractivity contribution >= 4 is 22.5 Å². The van der Waals surface area contributed by atoms with E-state index in [0.717, 1.165) is 41.8 Å². The molecule has 0 bridgehead atoms. The Kier molecular flexibility index (Phi) is 6.32. The van der Waals surface area contributed by atoms with Gasteiger partial charge in [0.05, 0.1) is 29.9 Å². The van der Waals surface area contributed by atoms with E-state index in [9.17, 15) is 18.0 Å². The number of anilines is 1. The van der Waals surface area contributed by atoms with Crippen LogP contribution in [0.1, 0.15) is 61.6 Å². The van der Waals surface area contributed by atoms with Crippen LogP contribution in [0.2, 0.25) is 0 Å². The van der Waals surface area contributed by atoms with Gasteiger partial charge in [-0.15, -0.1) is 0 Å². The summed E-state index contributed by atoms with van der Waals surface area (Å²) in [5.74, 6) is 1.24. The summed E-state index contributed by atoms with van der Waals surface area (Å²) in [6.07, 6.45) is 2.64. The number of nitrogens with zero attached hydrogens (tertiary/aromatic N) is 3. The first-order valence-electron chi connectivity index (χ1n) is 11.1. The molecular formula is C24H27F3N4O2. The molecule has 1 aromatic carbocycles. The number of hydrogen-bond acceptors (Lipinski definition) is 4. The SMILES string of the molecule is COc1cc2nn(C3CCC(C(C)C)CC3)cc2cc1NC(=O)c1ccc(C(F)(F)F)cn1. The third-order valence-corrected chi connectivity index (χ3v) is 6.47. The normalized spacial score (nSPS) is 19.1.